The van der Waals surface area contributed by atoms with Gasteiger partial charge in [0.2, 0.25) is 0 Å². The Kier molecular flexibility index (Phi) is 3.85. The standard InChI is InChI=1S/C15H14N4O4S/c1-2-3-6-15(18-19-15)7-8-16-13(20)10-4-5-11-12(9-10)24(22,23)17-14(11)21/h1,4-5,9H,3,6-8H2,(H,16,20)(H,17,21). The number of terminal acetylenes is 1. The molecule has 0 radical (unpaired) electrons. The fraction of sp³-hybridized carbons (Fsp3) is 0.333. The lowest BCUT2D eigenvalue weighted by Crippen LogP contribution is -2.28. The van der Waals surface area contributed by atoms with Crippen molar-refractivity contribution < 1.29 is 18.0 Å². The van der Waals surface area contributed by atoms with Crippen molar-refractivity contribution in [3.05, 3.63) is 29.3 Å². The van der Waals surface area contributed by atoms with Crippen LogP contribution in [0.4, 0.5) is 0 Å². The minimum atomic E-state index is -3.88. The average Bonchev–Trinajstić information content (AvgIpc) is 3.27. The summed E-state index contributed by atoms with van der Waals surface area (Å²) in [5.41, 5.74) is -0.288. The normalized spacial score (nSPS) is 18.4. The Morgan fingerprint density at radius 3 is 2.75 bits per heavy atom. The van der Waals surface area contributed by atoms with Crippen LogP contribution in [-0.2, 0) is 10.0 Å². The van der Waals surface area contributed by atoms with E-state index in [1.165, 1.54) is 18.2 Å². The monoisotopic (exact) mass is 346 g/mol. The van der Waals surface area contributed by atoms with Gasteiger partial charge < -0.3 is 5.32 Å². The van der Waals surface area contributed by atoms with Gasteiger partial charge in [-0.05, 0) is 18.2 Å². The Balaban J connectivity index is 1.63. The first-order valence-corrected chi connectivity index (χ1v) is 8.72. The van der Waals surface area contributed by atoms with Gasteiger partial charge in [0.15, 0.2) is 5.66 Å². The van der Waals surface area contributed by atoms with E-state index in [1.807, 2.05) is 4.72 Å². The van der Waals surface area contributed by atoms with E-state index in [1.54, 1.807) is 0 Å². The molecule has 0 saturated carbocycles. The number of carbonyl (C=O) groups is 2. The van der Waals surface area contributed by atoms with Crippen LogP contribution >= 0.6 is 0 Å². The summed E-state index contributed by atoms with van der Waals surface area (Å²) in [6.45, 7) is 0.331. The molecular weight excluding hydrogens is 332 g/mol. The minimum Gasteiger partial charge on any atom is -0.352 e. The van der Waals surface area contributed by atoms with Crippen molar-refractivity contribution in [2.24, 2.45) is 10.2 Å². The zero-order valence-corrected chi connectivity index (χ0v) is 13.4. The molecule has 2 N–H and O–H groups in total. The highest BCUT2D eigenvalue weighted by Crippen LogP contribution is 2.36. The Hall–Kier alpha value is -2.73. The molecule has 2 aliphatic rings. The van der Waals surface area contributed by atoms with Gasteiger partial charge in [-0.1, -0.05) is 0 Å². The molecule has 9 heteroatoms. The maximum atomic E-state index is 12.2. The molecule has 8 nitrogen and oxygen atoms in total. The van der Waals surface area contributed by atoms with E-state index in [-0.39, 0.29) is 16.0 Å². The summed E-state index contributed by atoms with van der Waals surface area (Å²) in [5, 5.41) is 10.6. The van der Waals surface area contributed by atoms with Crippen LogP contribution in [0.25, 0.3) is 0 Å². The summed E-state index contributed by atoms with van der Waals surface area (Å²) in [7, 11) is -3.88. The summed E-state index contributed by atoms with van der Waals surface area (Å²) in [5.74, 6) is 1.41. The Bertz CT molecular complexity index is 893. The Morgan fingerprint density at radius 2 is 2.08 bits per heavy atom. The molecule has 24 heavy (non-hydrogen) atoms. The van der Waals surface area contributed by atoms with Crippen molar-refractivity contribution >= 4 is 21.8 Å². The summed E-state index contributed by atoms with van der Waals surface area (Å²) in [4.78, 5) is 23.5. The van der Waals surface area contributed by atoms with Gasteiger partial charge in [-0.2, -0.15) is 10.2 Å². The number of hydrogen-bond acceptors (Lipinski definition) is 6. The largest absolute Gasteiger partial charge is 0.352 e. The number of hydrogen-bond donors (Lipinski definition) is 2. The number of benzene rings is 1. The van der Waals surface area contributed by atoms with Crippen LogP contribution in [0.3, 0.4) is 0 Å². The van der Waals surface area contributed by atoms with Gasteiger partial charge in [0.05, 0.1) is 5.56 Å². The Labute approximate surface area is 138 Å². The highest BCUT2D eigenvalue weighted by molar-refractivity contribution is 7.90. The van der Waals surface area contributed by atoms with Crippen LogP contribution in [0, 0.1) is 12.3 Å². The summed E-state index contributed by atoms with van der Waals surface area (Å²) in [6, 6.07) is 3.93. The maximum Gasteiger partial charge on any atom is 0.266 e. The molecule has 0 aromatic heterocycles. The second kappa shape index (κ2) is 5.72. The van der Waals surface area contributed by atoms with E-state index >= 15 is 0 Å². The van der Waals surface area contributed by atoms with Crippen LogP contribution in [0.5, 0.6) is 0 Å². The van der Waals surface area contributed by atoms with E-state index in [0.717, 1.165) is 0 Å². The fourth-order valence-electron chi connectivity index (χ4n) is 2.45. The fourth-order valence-corrected chi connectivity index (χ4v) is 3.65. The quantitative estimate of drug-likeness (QED) is 0.741. The predicted molar refractivity (Wildman–Crippen MR) is 83.7 cm³/mol. The lowest BCUT2D eigenvalue weighted by Gasteiger charge is -2.10. The summed E-state index contributed by atoms with van der Waals surface area (Å²) in [6.07, 6.45) is 6.95. The Morgan fingerprint density at radius 1 is 1.33 bits per heavy atom. The lowest BCUT2D eigenvalue weighted by molar-refractivity contribution is 0.0947. The van der Waals surface area contributed by atoms with Crippen LogP contribution < -0.4 is 10.0 Å². The number of sulfonamides is 1. The zero-order chi connectivity index (χ0) is 17.4. The van der Waals surface area contributed by atoms with Crippen LogP contribution in [0.15, 0.2) is 33.3 Å². The highest BCUT2D eigenvalue weighted by Gasteiger charge is 2.38. The number of rotatable bonds is 6. The van der Waals surface area contributed by atoms with E-state index < -0.39 is 27.5 Å². The minimum absolute atomic E-state index is 0.0374. The smallest absolute Gasteiger partial charge is 0.266 e. The number of fused-ring (bicyclic) bond motifs is 1. The first kappa shape index (κ1) is 16.1. The SMILES string of the molecule is C#CCCC1(CCNC(=O)c2ccc3c(c2)S(=O)(=O)NC3=O)N=N1. The molecular formula is C15H14N4O4S. The van der Waals surface area contributed by atoms with Crippen molar-refractivity contribution in [2.45, 2.75) is 29.8 Å². The highest BCUT2D eigenvalue weighted by atomic mass is 32.2. The number of nitrogens with one attached hydrogen (secondary N) is 2. The third kappa shape index (κ3) is 3.00. The molecule has 2 amide bonds. The molecule has 0 aliphatic carbocycles. The van der Waals surface area contributed by atoms with Gasteiger partial charge in [0.1, 0.15) is 4.90 Å². The summed E-state index contributed by atoms with van der Waals surface area (Å²) >= 11 is 0. The molecule has 2 aliphatic heterocycles. The zero-order valence-electron chi connectivity index (χ0n) is 12.6. The predicted octanol–water partition coefficient (Wildman–Crippen LogP) is 0.814. The molecule has 0 spiro atoms. The number of nitrogens with zero attached hydrogens (tertiary/aromatic N) is 2. The van der Waals surface area contributed by atoms with Crippen LogP contribution in [-0.4, -0.2) is 32.4 Å². The van der Waals surface area contributed by atoms with Gasteiger partial charge in [-0.25, -0.2) is 13.1 Å². The molecule has 0 fully saturated rings. The maximum absolute atomic E-state index is 12.2. The number of carbonyl (C=O) groups excluding carboxylic acids is 2. The van der Waals surface area contributed by atoms with Crippen molar-refractivity contribution in [3.63, 3.8) is 0 Å². The van der Waals surface area contributed by atoms with Crippen molar-refractivity contribution in [2.75, 3.05) is 6.54 Å². The van der Waals surface area contributed by atoms with E-state index in [9.17, 15) is 18.0 Å². The van der Waals surface area contributed by atoms with Gasteiger partial charge in [0, 0.05) is 31.4 Å². The second-order valence-corrected chi connectivity index (χ2v) is 7.19. The second-order valence-electron chi connectivity index (χ2n) is 5.54. The van der Waals surface area contributed by atoms with E-state index in [4.69, 9.17) is 6.42 Å². The van der Waals surface area contributed by atoms with Crippen molar-refractivity contribution in [1.29, 1.82) is 0 Å². The molecule has 0 saturated heterocycles. The lowest BCUT2D eigenvalue weighted by atomic mass is 10.0. The van der Waals surface area contributed by atoms with Crippen molar-refractivity contribution in [3.8, 4) is 12.3 Å². The van der Waals surface area contributed by atoms with Crippen molar-refractivity contribution in [1.82, 2.24) is 10.0 Å². The van der Waals surface area contributed by atoms with E-state index in [0.29, 0.717) is 25.8 Å². The van der Waals surface area contributed by atoms with E-state index in [2.05, 4.69) is 21.5 Å². The molecule has 1 aromatic rings. The van der Waals surface area contributed by atoms with Gasteiger partial charge in [-0.15, -0.1) is 12.3 Å². The molecule has 3 rings (SSSR count). The molecule has 0 unspecified atom stereocenters. The summed E-state index contributed by atoms with van der Waals surface area (Å²) < 4.78 is 25.5. The third-order valence-corrected chi connectivity index (χ3v) is 5.24. The first-order chi connectivity index (χ1) is 11.4. The molecule has 0 bridgehead atoms. The first-order valence-electron chi connectivity index (χ1n) is 7.24. The molecule has 1 aromatic carbocycles. The molecule has 0 atom stereocenters. The van der Waals surface area contributed by atoms with Gasteiger partial charge in [-0.3, -0.25) is 9.59 Å². The number of amides is 2. The third-order valence-electron chi connectivity index (χ3n) is 3.87. The van der Waals surface area contributed by atoms with Gasteiger partial charge in [0.25, 0.3) is 21.8 Å². The van der Waals surface area contributed by atoms with Crippen LogP contribution in [0.2, 0.25) is 0 Å². The molecule has 2 heterocycles. The molecule has 124 valence electrons. The van der Waals surface area contributed by atoms with Crippen LogP contribution in [0.1, 0.15) is 40.0 Å². The average molecular weight is 346 g/mol. The topological polar surface area (TPSA) is 117 Å². The van der Waals surface area contributed by atoms with Gasteiger partial charge >= 0.3 is 0 Å².